The maximum absolute atomic E-state index is 12.7. The zero-order valence-corrected chi connectivity index (χ0v) is 12.3. The lowest BCUT2D eigenvalue weighted by Crippen LogP contribution is -2.09. The predicted molar refractivity (Wildman–Crippen MR) is 78.5 cm³/mol. The summed E-state index contributed by atoms with van der Waals surface area (Å²) in [4.78, 5) is 0. The largest absolute Gasteiger partial charge is 0.416 e. The van der Waals surface area contributed by atoms with Crippen LogP contribution in [0.4, 0.5) is 18.9 Å². The van der Waals surface area contributed by atoms with E-state index < -0.39 is 11.7 Å². The van der Waals surface area contributed by atoms with Crippen LogP contribution in [0.3, 0.4) is 0 Å². The number of aryl methyl sites for hydroxylation is 1. The molecule has 2 aromatic rings. The summed E-state index contributed by atoms with van der Waals surface area (Å²) in [5.74, 6) is 0. The van der Waals surface area contributed by atoms with E-state index in [0.717, 1.165) is 30.8 Å². The van der Waals surface area contributed by atoms with Crippen molar-refractivity contribution in [2.24, 2.45) is 0 Å². The first-order valence-corrected chi connectivity index (χ1v) is 7.04. The van der Waals surface area contributed by atoms with Crippen LogP contribution >= 0.6 is 11.6 Å². The Bertz CT molecular complexity index is 605. The molecule has 21 heavy (non-hydrogen) atoms. The second kappa shape index (κ2) is 6.43. The smallest absolute Gasteiger partial charge is 0.378 e. The SMILES string of the molecule is CCCn1cccc1CNc1cc(C(F)(F)F)ccc1Cl. The number of rotatable bonds is 5. The maximum atomic E-state index is 12.7. The summed E-state index contributed by atoms with van der Waals surface area (Å²) in [5, 5.41) is 3.25. The summed E-state index contributed by atoms with van der Waals surface area (Å²) < 4.78 is 40.2. The number of hydrogen-bond acceptors (Lipinski definition) is 1. The highest BCUT2D eigenvalue weighted by atomic mass is 35.5. The van der Waals surface area contributed by atoms with Crippen LogP contribution in [0.25, 0.3) is 0 Å². The minimum Gasteiger partial charge on any atom is -0.378 e. The molecule has 6 heteroatoms. The fourth-order valence-electron chi connectivity index (χ4n) is 2.09. The Labute approximate surface area is 126 Å². The van der Waals surface area contributed by atoms with Crippen LogP contribution in [-0.4, -0.2) is 4.57 Å². The Morgan fingerprint density at radius 3 is 2.67 bits per heavy atom. The van der Waals surface area contributed by atoms with Gasteiger partial charge in [-0.05, 0) is 36.8 Å². The zero-order valence-electron chi connectivity index (χ0n) is 11.5. The molecule has 0 aliphatic rings. The second-order valence-electron chi connectivity index (χ2n) is 4.74. The van der Waals surface area contributed by atoms with Crippen LogP contribution in [-0.2, 0) is 19.3 Å². The molecule has 1 N–H and O–H groups in total. The van der Waals surface area contributed by atoms with Crippen molar-refractivity contribution in [3.8, 4) is 0 Å². The Hall–Kier alpha value is -1.62. The van der Waals surface area contributed by atoms with Gasteiger partial charge < -0.3 is 9.88 Å². The molecule has 0 amide bonds. The number of benzene rings is 1. The van der Waals surface area contributed by atoms with Crippen molar-refractivity contribution in [2.45, 2.75) is 32.6 Å². The van der Waals surface area contributed by atoms with Gasteiger partial charge in [-0.2, -0.15) is 13.2 Å². The Morgan fingerprint density at radius 2 is 2.00 bits per heavy atom. The van der Waals surface area contributed by atoms with Crippen molar-refractivity contribution in [1.29, 1.82) is 0 Å². The molecule has 1 aromatic heterocycles. The van der Waals surface area contributed by atoms with Crippen molar-refractivity contribution in [3.63, 3.8) is 0 Å². The molecule has 0 unspecified atom stereocenters. The molecule has 114 valence electrons. The first kappa shape index (κ1) is 15.8. The molecule has 0 saturated heterocycles. The van der Waals surface area contributed by atoms with Crippen molar-refractivity contribution < 1.29 is 13.2 Å². The Morgan fingerprint density at radius 1 is 1.24 bits per heavy atom. The first-order valence-electron chi connectivity index (χ1n) is 6.66. The number of halogens is 4. The van der Waals surface area contributed by atoms with Crippen molar-refractivity contribution in [3.05, 3.63) is 52.8 Å². The molecule has 0 radical (unpaired) electrons. The first-order chi connectivity index (χ1) is 9.91. The van der Waals surface area contributed by atoms with Gasteiger partial charge in [0.05, 0.1) is 22.8 Å². The molecular formula is C15H16ClF3N2. The summed E-state index contributed by atoms with van der Waals surface area (Å²) in [6.45, 7) is 3.37. The quantitative estimate of drug-likeness (QED) is 0.804. The number of anilines is 1. The Kier molecular flexibility index (Phi) is 4.83. The number of nitrogens with zero attached hydrogens (tertiary/aromatic N) is 1. The third-order valence-electron chi connectivity index (χ3n) is 3.14. The van der Waals surface area contributed by atoms with Gasteiger partial charge in [-0.25, -0.2) is 0 Å². The van der Waals surface area contributed by atoms with Crippen LogP contribution in [0.15, 0.2) is 36.5 Å². The van der Waals surface area contributed by atoms with Crippen LogP contribution in [0.5, 0.6) is 0 Å². The molecule has 2 rings (SSSR count). The molecule has 2 nitrogen and oxygen atoms in total. The maximum Gasteiger partial charge on any atom is 0.416 e. The molecule has 1 aromatic carbocycles. The molecule has 0 saturated carbocycles. The molecule has 0 aliphatic carbocycles. The van der Waals surface area contributed by atoms with Gasteiger partial charge in [0.15, 0.2) is 0 Å². The second-order valence-corrected chi connectivity index (χ2v) is 5.15. The monoisotopic (exact) mass is 316 g/mol. The van der Waals surface area contributed by atoms with E-state index in [1.165, 1.54) is 6.07 Å². The minimum atomic E-state index is -4.37. The lowest BCUT2D eigenvalue weighted by molar-refractivity contribution is -0.137. The third kappa shape index (κ3) is 3.94. The topological polar surface area (TPSA) is 17.0 Å². The van der Waals surface area contributed by atoms with E-state index in [2.05, 4.69) is 16.8 Å². The molecule has 0 atom stereocenters. The van der Waals surface area contributed by atoms with Crippen molar-refractivity contribution in [1.82, 2.24) is 4.57 Å². The highest BCUT2D eigenvalue weighted by Crippen LogP contribution is 2.33. The van der Waals surface area contributed by atoms with Gasteiger partial charge >= 0.3 is 6.18 Å². The van der Waals surface area contributed by atoms with E-state index in [4.69, 9.17) is 11.6 Å². The molecule has 0 spiro atoms. The molecule has 0 fully saturated rings. The molecule has 1 heterocycles. The molecular weight excluding hydrogens is 301 g/mol. The van der Waals surface area contributed by atoms with E-state index >= 15 is 0 Å². The summed E-state index contributed by atoms with van der Waals surface area (Å²) in [5.41, 5.74) is 0.583. The zero-order chi connectivity index (χ0) is 15.5. The van der Waals surface area contributed by atoms with Crippen LogP contribution in [0, 0.1) is 0 Å². The number of hydrogen-bond donors (Lipinski definition) is 1. The predicted octanol–water partition coefficient (Wildman–Crippen LogP) is 5.18. The number of aromatic nitrogens is 1. The van der Waals surface area contributed by atoms with E-state index in [-0.39, 0.29) is 10.7 Å². The van der Waals surface area contributed by atoms with Crippen LogP contribution in [0.1, 0.15) is 24.6 Å². The molecule has 0 aliphatic heterocycles. The van der Waals surface area contributed by atoms with Crippen LogP contribution < -0.4 is 5.32 Å². The lowest BCUT2D eigenvalue weighted by Gasteiger charge is -2.13. The number of nitrogens with one attached hydrogen (secondary N) is 1. The van der Waals surface area contributed by atoms with Gasteiger partial charge in [-0.1, -0.05) is 18.5 Å². The van der Waals surface area contributed by atoms with Gasteiger partial charge in [0.25, 0.3) is 0 Å². The summed E-state index contributed by atoms with van der Waals surface area (Å²) in [6.07, 6.45) is -1.43. The summed E-state index contributed by atoms with van der Waals surface area (Å²) >= 11 is 5.95. The van der Waals surface area contributed by atoms with Crippen molar-refractivity contribution >= 4 is 17.3 Å². The van der Waals surface area contributed by atoms with Gasteiger partial charge in [-0.15, -0.1) is 0 Å². The van der Waals surface area contributed by atoms with E-state index in [1.807, 2.05) is 18.3 Å². The van der Waals surface area contributed by atoms with Crippen LogP contribution in [0.2, 0.25) is 5.02 Å². The third-order valence-corrected chi connectivity index (χ3v) is 3.47. The van der Waals surface area contributed by atoms with E-state index in [1.54, 1.807) is 0 Å². The minimum absolute atomic E-state index is 0.275. The van der Waals surface area contributed by atoms with Gasteiger partial charge in [0, 0.05) is 18.4 Å². The van der Waals surface area contributed by atoms with E-state index in [0.29, 0.717) is 6.54 Å². The standard InChI is InChI=1S/C15H16ClF3N2/c1-2-7-21-8-3-4-12(21)10-20-14-9-11(15(17,18)19)5-6-13(14)16/h3-6,8-9,20H,2,7,10H2,1H3. The van der Waals surface area contributed by atoms with Gasteiger partial charge in [-0.3, -0.25) is 0 Å². The highest BCUT2D eigenvalue weighted by Gasteiger charge is 2.30. The molecule has 0 bridgehead atoms. The van der Waals surface area contributed by atoms with Crippen molar-refractivity contribution in [2.75, 3.05) is 5.32 Å². The number of alkyl halides is 3. The highest BCUT2D eigenvalue weighted by molar-refractivity contribution is 6.33. The van der Waals surface area contributed by atoms with E-state index in [9.17, 15) is 13.2 Å². The van der Waals surface area contributed by atoms with Gasteiger partial charge in [0.2, 0.25) is 0 Å². The average Bonchev–Trinajstić information content (AvgIpc) is 2.84. The lowest BCUT2D eigenvalue weighted by atomic mass is 10.2. The summed E-state index contributed by atoms with van der Waals surface area (Å²) in [6, 6.07) is 7.13. The fourth-order valence-corrected chi connectivity index (χ4v) is 2.28. The van der Waals surface area contributed by atoms with Gasteiger partial charge in [0.1, 0.15) is 0 Å². The average molecular weight is 317 g/mol. The fraction of sp³-hybridized carbons (Fsp3) is 0.333. The Balaban J connectivity index is 2.14. The summed E-state index contributed by atoms with van der Waals surface area (Å²) in [7, 11) is 0. The normalized spacial score (nSPS) is 11.7.